The summed E-state index contributed by atoms with van der Waals surface area (Å²) in [4.78, 5) is 16.4. The molecular weight excluding hydrogens is 214 g/mol. The number of pyridine rings is 1. The van der Waals surface area contributed by atoms with Crippen LogP contribution in [0.15, 0.2) is 34.2 Å². The summed E-state index contributed by atoms with van der Waals surface area (Å²) in [5.41, 5.74) is 2.05. The fourth-order valence-electron chi connectivity index (χ4n) is 2.20. The fourth-order valence-corrected chi connectivity index (χ4v) is 2.20. The summed E-state index contributed by atoms with van der Waals surface area (Å²) < 4.78 is 2.22. The van der Waals surface area contributed by atoms with Gasteiger partial charge in [0.25, 0.3) is 5.56 Å². The molecule has 0 amide bonds. The SMILES string of the molecule is Cn1ccc2cc3c(cc2c1=O)N=C[N+]3(C)C. The average Bonchev–Trinajstić information content (AvgIpc) is 2.59. The van der Waals surface area contributed by atoms with Gasteiger partial charge in [0.15, 0.2) is 12.0 Å². The highest BCUT2D eigenvalue weighted by Gasteiger charge is 2.27. The first-order valence-corrected chi connectivity index (χ1v) is 5.52. The highest BCUT2D eigenvalue weighted by molar-refractivity contribution is 5.97. The van der Waals surface area contributed by atoms with Gasteiger partial charge in [-0.2, -0.15) is 4.99 Å². The molecule has 0 saturated carbocycles. The molecule has 0 bridgehead atoms. The Bertz CT molecular complexity index is 710. The van der Waals surface area contributed by atoms with Crippen LogP contribution in [0.3, 0.4) is 0 Å². The summed E-state index contributed by atoms with van der Waals surface area (Å²) in [5.74, 6) is 0. The van der Waals surface area contributed by atoms with Gasteiger partial charge >= 0.3 is 0 Å². The molecule has 0 atom stereocenters. The van der Waals surface area contributed by atoms with Gasteiger partial charge in [0, 0.05) is 24.7 Å². The van der Waals surface area contributed by atoms with Crippen molar-refractivity contribution in [3.8, 4) is 0 Å². The van der Waals surface area contributed by atoms with E-state index in [0.717, 1.165) is 22.1 Å². The van der Waals surface area contributed by atoms with E-state index >= 15 is 0 Å². The van der Waals surface area contributed by atoms with E-state index in [4.69, 9.17) is 0 Å². The van der Waals surface area contributed by atoms with Gasteiger partial charge in [0.05, 0.1) is 14.1 Å². The zero-order chi connectivity index (χ0) is 12.2. The smallest absolute Gasteiger partial charge is 0.258 e. The third-order valence-corrected chi connectivity index (χ3v) is 3.28. The molecule has 1 aliphatic rings. The third-order valence-electron chi connectivity index (χ3n) is 3.28. The van der Waals surface area contributed by atoms with Gasteiger partial charge in [0.1, 0.15) is 5.69 Å². The number of fused-ring (bicyclic) bond motifs is 2. The number of hydrogen-bond donors (Lipinski definition) is 0. The number of aliphatic imine (C=N–C) groups is 1. The van der Waals surface area contributed by atoms with Crippen LogP contribution in [-0.4, -0.2) is 25.0 Å². The van der Waals surface area contributed by atoms with Gasteiger partial charge in [-0.3, -0.25) is 9.28 Å². The average molecular weight is 228 g/mol. The van der Waals surface area contributed by atoms with Crippen molar-refractivity contribution < 1.29 is 0 Å². The second-order valence-electron chi connectivity index (χ2n) is 4.94. The Labute approximate surface area is 99.0 Å². The fraction of sp³-hybridized carbons (Fsp3) is 0.231. The van der Waals surface area contributed by atoms with Crippen molar-refractivity contribution >= 4 is 28.5 Å². The van der Waals surface area contributed by atoms with Crippen LogP contribution in [0.1, 0.15) is 0 Å². The minimum Gasteiger partial charge on any atom is -0.318 e. The number of aryl methyl sites for hydroxylation is 1. The Morgan fingerprint density at radius 3 is 2.82 bits per heavy atom. The summed E-state index contributed by atoms with van der Waals surface area (Å²) >= 11 is 0. The van der Waals surface area contributed by atoms with Crippen LogP contribution >= 0.6 is 0 Å². The van der Waals surface area contributed by atoms with E-state index in [2.05, 4.69) is 25.2 Å². The molecule has 1 aromatic carbocycles. The predicted molar refractivity (Wildman–Crippen MR) is 71.0 cm³/mol. The summed E-state index contributed by atoms with van der Waals surface area (Å²) in [6.07, 6.45) is 3.68. The predicted octanol–water partition coefficient (Wildman–Crippen LogP) is 1.78. The Morgan fingerprint density at radius 1 is 1.29 bits per heavy atom. The largest absolute Gasteiger partial charge is 0.318 e. The maximum absolute atomic E-state index is 12.0. The summed E-state index contributed by atoms with van der Waals surface area (Å²) in [7, 11) is 5.91. The molecule has 0 aliphatic carbocycles. The molecule has 2 heterocycles. The van der Waals surface area contributed by atoms with E-state index in [1.54, 1.807) is 17.8 Å². The zero-order valence-electron chi connectivity index (χ0n) is 10.1. The molecule has 2 aromatic rings. The molecule has 3 rings (SSSR count). The van der Waals surface area contributed by atoms with Crippen molar-refractivity contribution in [2.45, 2.75) is 0 Å². The monoisotopic (exact) mass is 228 g/mol. The van der Waals surface area contributed by atoms with E-state index in [1.807, 2.05) is 18.5 Å². The highest BCUT2D eigenvalue weighted by atomic mass is 16.1. The Hall–Kier alpha value is -1.94. The van der Waals surface area contributed by atoms with Crippen molar-refractivity contribution in [2.75, 3.05) is 14.1 Å². The van der Waals surface area contributed by atoms with Crippen LogP contribution in [0.2, 0.25) is 0 Å². The van der Waals surface area contributed by atoms with E-state index in [0.29, 0.717) is 4.48 Å². The van der Waals surface area contributed by atoms with Crippen molar-refractivity contribution in [1.82, 2.24) is 9.05 Å². The molecule has 4 nitrogen and oxygen atoms in total. The molecule has 17 heavy (non-hydrogen) atoms. The number of hydrogen-bond acceptors (Lipinski definition) is 2. The van der Waals surface area contributed by atoms with Gasteiger partial charge in [0.2, 0.25) is 0 Å². The first kappa shape index (κ1) is 10.2. The molecule has 86 valence electrons. The molecule has 4 heteroatoms. The number of nitrogens with zero attached hydrogens (tertiary/aromatic N) is 3. The third kappa shape index (κ3) is 1.34. The molecule has 0 saturated heterocycles. The zero-order valence-corrected chi connectivity index (χ0v) is 10.1. The lowest BCUT2D eigenvalue weighted by molar-refractivity contribution is 0.626. The standard InChI is InChI=1S/C13H14N3O/c1-15-5-4-9-6-12-11(7-10(9)13(15)17)14-8-16(12,2)3/h4-8H,1-3H3/q+1. The minimum atomic E-state index is 0.0257. The molecule has 0 radical (unpaired) electrons. The van der Waals surface area contributed by atoms with Gasteiger partial charge in [-0.15, -0.1) is 0 Å². The molecule has 0 fully saturated rings. The van der Waals surface area contributed by atoms with Crippen LogP contribution < -0.4 is 10.0 Å². The maximum atomic E-state index is 12.0. The highest BCUT2D eigenvalue weighted by Crippen LogP contribution is 2.37. The van der Waals surface area contributed by atoms with E-state index < -0.39 is 0 Å². The van der Waals surface area contributed by atoms with Crippen LogP contribution in [0.25, 0.3) is 10.8 Å². The first-order chi connectivity index (χ1) is 7.99. The van der Waals surface area contributed by atoms with Crippen molar-refractivity contribution in [1.29, 1.82) is 0 Å². The number of aromatic nitrogens is 1. The molecule has 0 unspecified atom stereocenters. The molecule has 1 aromatic heterocycles. The Morgan fingerprint density at radius 2 is 2.06 bits per heavy atom. The number of benzene rings is 1. The van der Waals surface area contributed by atoms with Gasteiger partial charge in [-0.05, 0) is 17.5 Å². The lowest BCUT2D eigenvalue weighted by Crippen LogP contribution is -2.36. The first-order valence-electron chi connectivity index (χ1n) is 5.52. The lowest BCUT2D eigenvalue weighted by Gasteiger charge is -2.19. The number of quaternary nitrogens is 1. The van der Waals surface area contributed by atoms with Crippen molar-refractivity contribution in [3.05, 3.63) is 34.7 Å². The molecule has 1 aliphatic heterocycles. The number of rotatable bonds is 0. The van der Waals surface area contributed by atoms with E-state index in [-0.39, 0.29) is 5.56 Å². The Balaban J connectivity index is 2.43. The van der Waals surface area contributed by atoms with E-state index in [1.165, 1.54) is 0 Å². The normalized spacial score (nSPS) is 16.4. The summed E-state index contributed by atoms with van der Waals surface area (Å²) in [6, 6.07) is 5.91. The van der Waals surface area contributed by atoms with Gasteiger partial charge in [-0.25, -0.2) is 0 Å². The van der Waals surface area contributed by atoms with Crippen molar-refractivity contribution in [2.24, 2.45) is 12.0 Å². The summed E-state index contributed by atoms with van der Waals surface area (Å²) in [6.45, 7) is 0. The minimum absolute atomic E-state index is 0.0257. The van der Waals surface area contributed by atoms with Crippen LogP contribution in [0, 0.1) is 0 Å². The van der Waals surface area contributed by atoms with Crippen LogP contribution in [0.4, 0.5) is 11.4 Å². The molecule has 0 spiro atoms. The van der Waals surface area contributed by atoms with E-state index in [9.17, 15) is 4.79 Å². The van der Waals surface area contributed by atoms with Crippen LogP contribution in [0.5, 0.6) is 0 Å². The maximum Gasteiger partial charge on any atom is 0.258 e. The quantitative estimate of drug-likeness (QED) is 0.633. The summed E-state index contributed by atoms with van der Waals surface area (Å²) in [5, 5.41) is 1.70. The second kappa shape index (κ2) is 3.05. The Kier molecular flexibility index (Phi) is 1.83. The van der Waals surface area contributed by atoms with Crippen LogP contribution in [-0.2, 0) is 7.05 Å². The van der Waals surface area contributed by atoms with Gasteiger partial charge in [-0.1, -0.05) is 0 Å². The molecule has 0 N–H and O–H groups in total. The second-order valence-corrected chi connectivity index (χ2v) is 4.94. The van der Waals surface area contributed by atoms with Crippen molar-refractivity contribution in [3.63, 3.8) is 0 Å². The topological polar surface area (TPSA) is 34.4 Å². The van der Waals surface area contributed by atoms with Gasteiger partial charge < -0.3 is 4.57 Å². The molecular formula is C13H14N3O+. The lowest BCUT2D eigenvalue weighted by atomic mass is 10.1.